The number of hydrogen-bond acceptors (Lipinski definition) is 4. The van der Waals surface area contributed by atoms with Crippen molar-refractivity contribution in [1.82, 2.24) is 5.32 Å². The van der Waals surface area contributed by atoms with Gasteiger partial charge in [-0.25, -0.2) is 4.79 Å². The zero-order chi connectivity index (χ0) is 16.8. The summed E-state index contributed by atoms with van der Waals surface area (Å²) < 4.78 is 6.57. The van der Waals surface area contributed by atoms with Crippen LogP contribution in [-0.4, -0.2) is 36.2 Å². The van der Waals surface area contributed by atoms with Crippen LogP contribution in [0.3, 0.4) is 0 Å². The van der Waals surface area contributed by atoms with E-state index in [0.29, 0.717) is 34.7 Å². The molecule has 23 heavy (non-hydrogen) atoms. The van der Waals surface area contributed by atoms with Gasteiger partial charge in [-0.15, -0.1) is 11.3 Å². The molecule has 5 nitrogen and oxygen atoms in total. The third-order valence-corrected chi connectivity index (χ3v) is 5.40. The molecule has 2 N–H and O–H groups in total. The van der Waals surface area contributed by atoms with Gasteiger partial charge in [0.25, 0.3) is 0 Å². The van der Waals surface area contributed by atoms with Crippen molar-refractivity contribution >= 4 is 46.4 Å². The molecule has 0 bridgehead atoms. The number of ether oxygens (including phenoxy) is 1. The van der Waals surface area contributed by atoms with Crippen LogP contribution in [0, 0.1) is 5.92 Å². The minimum Gasteiger partial charge on any atom is -0.480 e. The summed E-state index contributed by atoms with van der Waals surface area (Å²) in [5.74, 6) is -1.45. The first kappa shape index (κ1) is 18.5. The van der Waals surface area contributed by atoms with E-state index in [1.807, 2.05) is 0 Å². The van der Waals surface area contributed by atoms with E-state index >= 15 is 0 Å². The van der Waals surface area contributed by atoms with Crippen LogP contribution in [0.15, 0.2) is 6.07 Å². The van der Waals surface area contributed by atoms with Gasteiger partial charge in [0.05, 0.1) is 15.3 Å². The molecule has 0 spiro atoms. The molecule has 1 saturated heterocycles. The van der Waals surface area contributed by atoms with Gasteiger partial charge >= 0.3 is 5.97 Å². The standard InChI is InChI=1S/C15H19Cl2NO4S/c16-11-7-9(14(17)23-11)3-1-5-12(19)18-13(15(20)21)10-4-2-6-22-8-10/h7,10,13H,1-6,8H2,(H,18,19)(H,20,21). The second kappa shape index (κ2) is 8.87. The van der Waals surface area contributed by atoms with E-state index in [-0.39, 0.29) is 18.2 Å². The molecule has 0 radical (unpaired) electrons. The molecule has 1 amide bonds. The molecular weight excluding hydrogens is 361 g/mol. The Morgan fingerprint density at radius 2 is 2.26 bits per heavy atom. The van der Waals surface area contributed by atoms with Crippen molar-refractivity contribution in [2.45, 2.75) is 38.1 Å². The Labute approximate surface area is 148 Å². The summed E-state index contributed by atoms with van der Waals surface area (Å²) in [7, 11) is 0. The summed E-state index contributed by atoms with van der Waals surface area (Å²) in [6, 6.07) is 0.910. The van der Waals surface area contributed by atoms with Gasteiger partial charge < -0.3 is 15.2 Å². The molecule has 0 saturated carbocycles. The third kappa shape index (κ3) is 5.64. The van der Waals surface area contributed by atoms with Gasteiger partial charge in [-0.3, -0.25) is 4.79 Å². The molecule has 2 rings (SSSR count). The van der Waals surface area contributed by atoms with Crippen LogP contribution in [0.2, 0.25) is 8.67 Å². The Kier molecular flexibility index (Phi) is 7.14. The summed E-state index contributed by atoms with van der Waals surface area (Å²) in [4.78, 5) is 23.4. The zero-order valence-corrected chi connectivity index (χ0v) is 14.8. The predicted molar refractivity (Wildman–Crippen MR) is 90.4 cm³/mol. The van der Waals surface area contributed by atoms with Crippen molar-refractivity contribution in [2.24, 2.45) is 5.92 Å². The number of hydrogen-bond donors (Lipinski definition) is 2. The number of rotatable bonds is 7. The Morgan fingerprint density at radius 3 is 2.83 bits per heavy atom. The normalized spacial score (nSPS) is 19.3. The Balaban J connectivity index is 1.79. The first-order valence-corrected chi connectivity index (χ1v) is 9.08. The molecular formula is C15H19Cl2NO4S. The molecule has 2 atom stereocenters. The molecule has 0 aliphatic carbocycles. The van der Waals surface area contributed by atoms with Gasteiger partial charge in [-0.05, 0) is 37.3 Å². The smallest absolute Gasteiger partial charge is 0.326 e. The van der Waals surface area contributed by atoms with E-state index in [4.69, 9.17) is 27.9 Å². The lowest BCUT2D eigenvalue weighted by atomic mass is 9.93. The summed E-state index contributed by atoms with van der Waals surface area (Å²) >= 11 is 13.2. The van der Waals surface area contributed by atoms with Crippen molar-refractivity contribution < 1.29 is 19.4 Å². The third-order valence-electron chi connectivity index (χ3n) is 3.83. The monoisotopic (exact) mass is 379 g/mol. The molecule has 128 valence electrons. The van der Waals surface area contributed by atoms with Crippen LogP contribution in [0.4, 0.5) is 0 Å². The summed E-state index contributed by atoms with van der Waals surface area (Å²) in [5, 5.41) is 11.9. The number of carbonyl (C=O) groups is 2. The Morgan fingerprint density at radius 1 is 1.48 bits per heavy atom. The fourth-order valence-electron chi connectivity index (χ4n) is 2.64. The number of carbonyl (C=O) groups excluding carboxylic acids is 1. The maximum Gasteiger partial charge on any atom is 0.326 e. The summed E-state index contributed by atoms with van der Waals surface area (Å²) in [5.41, 5.74) is 0.921. The molecule has 1 aromatic heterocycles. The van der Waals surface area contributed by atoms with Gasteiger partial charge in [0, 0.05) is 18.9 Å². The van der Waals surface area contributed by atoms with Gasteiger partial charge in [-0.2, -0.15) is 0 Å². The second-order valence-electron chi connectivity index (χ2n) is 5.56. The van der Waals surface area contributed by atoms with E-state index in [0.717, 1.165) is 18.4 Å². The second-order valence-corrected chi connectivity index (χ2v) is 7.85. The highest BCUT2D eigenvalue weighted by Crippen LogP contribution is 2.32. The molecule has 2 heterocycles. The van der Waals surface area contributed by atoms with Crippen molar-refractivity contribution in [1.29, 1.82) is 0 Å². The quantitative estimate of drug-likeness (QED) is 0.761. The molecule has 1 aliphatic heterocycles. The van der Waals surface area contributed by atoms with Gasteiger partial charge in [0.2, 0.25) is 5.91 Å². The van der Waals surface area contributed by atoms with Crippen molar-refractivity contribution in [3.05, 3.63) is 20.3 Å². The van der Waals surface area contributed by atoms with Crippen LogP contribution >= 0.6 is 34.5 Å². The van der Waals surface area contributed by atoms with Crippen molar-refractivity contribution in [2.75, 3.05) is 13.2 Å². The number of carboxylic acids is 1. The predicted octanol–water partition coefficient (Wildman–Crippen LogP) is 3.37. The number of thiophene rings is 1. The number of nitrogens with one attached hydrogen (secondary N) is 1. The fourth-order valence-corrected chi connectivity index (χ4v) is 4.18. The number of amides is 1. The lowest BCUT2D eigenvalue weighted by Gasteiger charge is -2.28. The minimum absolute atomic E-state index is 0.171. The lowest BCUT2D eigenvalue weighted by Crippen LogP contribution is -2.48. The van der Waals surface area contributed by atoms with Crippen molar-refractivity contribution in [3.8, 4) is 0 Å². The van der Waals surface area contributed by atoms with Gasteiger partial charge in [0.15, 0.2) is 0 Å². The highest BCUT2D eigenvalue weighted by molar-refractivity contribution is 7.20. The number of halogens is 2. The lowest BCUT2D eigenvalue weighted by molar-refractivity contribution is -0.145. The highest BCUT2D eigenvalue weighted by Gasteiger charge is 2.31. The summed E-state index contributed by atoms with van der Waals surface area (Å²) in [6.45, 7) is 1.03. The first-order chi connectivity index (χ1) is 11.0. The van der Waals surface area contributed by atoms with E-state index < -0.39 is 12.0 Å². The van der Waals surface area contributed by atoms with Gasteiger partial charge in [0.1, 0.15) is 6.04 Å². The Hall–Kier alpha value is -0.820. The minimum atomic E-state index is -1.01. The number of aliphatic carboxylic acids is 1. The average molecular weight is 380 g/mol. The van der Waals surface area contributed by atoms with Gasteiger partial charge in [-0.1, -0.05) is 23.2 Å². The number of carboxylic acid groups (broad SMARTS) is 1. The average Bonchev–Trinajstić information content (AvgIpc) is 2.83. The first-order valence-electron chi connectivity index (χ1n) is 7.51. The molecule has 1 aliphatic rings. The highest BCUT2D eigenvalue weighted by atomic mass is 35.5. The van der Waals surface area contributed by atoms with E-state index in [9.17, 15) is 14.7 Å². The molecule has 1 fully saturated rings. The molecule has 0 aromatic carbocycles. The van der Waals surface area contributed by atoms with Crippen LogP contribution in [0.1, 0.15) is 31.2 Å². The summed E-state index contributed by atoms with van der Waals surface area (Å²) in [6.07, 6.45) is 3.05. The van der Waals surface area contributed by atoms with E-state index in [1.165, 1.54) is 11.3 Å². The van der Waals surface area contributed by atoms with Crippen LogP contribution in [0.5, 0.6) is 0 Å². The van der Waals surface area contributed by atoms with Crippen LogP contribution in [0.25, 0.3) is 0 Å². The van der Waals surface area contributed by atoms with Crippen LogP contribution < -0.4 is 5.32 Å². The largest absolute Gasteiger partial charge is 0.480 e. The fraction of sp³-hybridized carbons (Fsp3) is 0.600. The maximum absolute atomic E-state index is 12.0. The van der Waals surface area contributed by atoms with Crippen LogP contribution in [-0.2, 0) is 20.7 Å². The zero-order valence-electron chi connectivity index (χ0n) is 12.5. The number of aryl methyl sites for hydroxylation is 1. The van der Waals surface area contributed by atoms with E-state index in [1.54, 1.807) is 6.07 Å². The molecule has 8 heteroatoms. The molecule has 1 aromatic rings. The molecule has 2 unspecified atom stereocenters. The van der Waals surface area contributed by atoms with E-state index in [2.05, 4.69) is 5.32 Å². The SMILES string of the molecule is O=C(CCCc1cc(Cl)sc1Cl)NC(C(=O)O)C1CCCOC1. The Bertz CT molecular complexity index is 558. The van der Waals surface area contributed by atoms with Crippen molar-refractivity contribution in [3.63, 3.8) is 0 Å². The maximum atomic E-state index is 12.0. The topological polar surface area (TPSA) is 75.6 Å².